The van der Waals surface area contributed by atoms with Gasteiger partial charge in [-0.05, 0) is 60.9 Å². The zero-order valence-corrected chi connectivity index (χ0v) is 22.5. The predicted octanol–water partition coefficient (Wildman–Crippen LogP) is 4.28. The second kappa shape index (κ2) is 12.4. The standard InChI is InChI=1S/C29H37N3O3.ClH/c1-4-5-8-13-30-28(34)18-32(26-17-25-23(14-20(26)2)11-12-27(25)33)19-29(35)31(3)24-15-21-9-6-7-10-22(21)16-24;/h6-7,9-10,14,17,24H,4-5,8,11-13,15-16,18-19H2,1-3H3,(H,30,34);1H. The van der Waals surface area contributed by atoms with Crippen molar-refractivity contribution in [2.24, 2.45) is 0 Å². The van der Waals surface area contributed by atoms with E-state index in [1.165, 1.54) is 11.1 Å². The zero-order chi connectivity index (χ0) is 24.9. The Morgan fingerprint density at radius 2 is 1.69 bits per heavy atom. The summed E-state index contributed by atoms with van der Waals surface area (Å²) >= 11 is 0. The van der Waals surface area contributed by atoms with Gasteiger partial charge in [0, 0.05) is 37.3 Å². The molecule has 0 unspecified atom stereocenters. The van der Waals surface area contributed by atoms with Gasteiger partial charge in [-0.15, -0.1) is 12.4 Å². The van der Waals surface area contributed by atoms with E-state index in [9.17, 15) is 14.4 Å². The first-order valence-corrected chi connectivity index (χ1v) is 12.9. The summed E-state index contributed by atoms with van der Waals surface area (Å²) in [6.45, 7) is 4.94. The van der Waals surface area contributed by atoms with Crippen molar-refractivity contribution in [1.29, 1.82) is 0 Å². The third kappa shape index (κ3) is 6.28. The molecule has 36 heavy (non-hydrogen) atoms. The van der Waals surface area contributed by atoms with Gasteiger partial charge in [0.2, 0.25) is 11.8 Å². The number of nitrogens with zero attached hydrogens (tertiary/aromatic N) is 2. The first-order valence-electron chi connectivity index (χ1n) is 12.9. The Kier molecular flexibility index (Phi) is 9.55. The van der Waals surface area contributed by atoms with Crippen LogP contribution in [0.1, 0.15) is 65.2 Å². The number of Topliss-reactive ketones (excluding diaryl/α,β-unsaturated/α-hetero) is 1. The van der Waals surface area contributed by atoms with Crippen LogP contribution in [0.5, 0.6) is 0 Å². The third-order valence-corrected chi connectivity index (χ3v) is 7.42. The first-order chi connectivity index (χ1) is 16.9. The van der Waals surface area contributed by atoms with Crippen molar-refractivity contribution < 1.29 is 14.4 Å². The van der Waals surface area contributed by atoms with Crippen LogP contribution in [0.4, 0.5) is 5.69 Å². The minimum atomic E-state index is -0.101. The van der Waals surface area contributed by atoms with E-state index in [1.54, 1.807) is 0 Å². The smallest absolute Gasteiger partial charge is 0.242 e. The number of anilines is 1. The van der Waals surface area contributed by atoms with Crippen molar-refractivity contribution in [3.05, 3.63) is 64.2 Å². The summed E-state index contributed by atoms with van der Waals surface area (Å²) in [4.78, 5) is 42.3. The van der Waals surface area contributed by atoms with Crippen LogP contribution in [0.3, 0.4) is 0 Å². The monoisotopic (exact) mass is 511 g/mol. The molecular weight excluding hydrogens is 474 g/mol. The maximum Gasteiger partial charge on any atom is 0.242 e. The van der Waals surface area contributed by atoms with Crippen LogP contribution in [-0.4, -0.2) is 55.2 Å². The minimum absolute atomic E-state index is 0. The van der Waals surface area contributed by atoms with E-state index >= 15 is 0 Å². The van der Waals surface area contributed by atoms with Crippen LogP contribution in [0, 0.1) is 6.92 Å². The highest BCUT2D eigenvalue weighted by atomic mass is 35.5. The van der Waals surface area contributed by atoms with Gasteiger partial charge in [0.1, 0.15) is 0 Å². The SMILES string of the molecule is CCCCCNC(=O)CN(CC(=O)N(C)C1Cc2ccccc2C1)c1cc2c(cc1C)CCC2=O.Cl. The lowest BCUT2D eigenvalue weighted by atomic mass is 10.0. The molecule has 0 heterocycles. The van der Waals surface area contributed by atoms with Crippen LogP contribution in [-0.2, 0) is 28.9 Å². The number of hydrogen-bond acceptors (Lipinski definition) is 4. The zero-order valence-electron chi connectivity index (χ0n) is 21.6. The molecule has 0 atom stereocenters. The van der Waals surface area contributed by atoms with E-state index in [4.69, 9.17) is 0 Å². The van der Waals surface area contributed by atoms with Crippen molar-refractivity contribution in [2.45, 2.75) is 64.8 Å². The van der Waals surface area contributed by atoms with Gasteiger partial charge in [0.05, 0.1) is 13.1 Å². The van der Waals surface area contributed by atoms with Crippen molar-refractivity contribution in [3.8, 4) is 0 Å². The summed E-state index contributed by atoms with van der Waals surface area (Å²) in [5.41, 5.74) is 6.17. The van der Waals surface area contributed by atoms with E-state index in [1.807, 2.05) is 48.0 Å². The molecule has 6 nitrogen and oxygen atoms in total. The Morgan fingerprint density at radius 3 is 2.36 bits per heavy atom. The second-order valence-electron chi connectivity index (χ2n) is 9.97. The molecule has 194 valence electrons. The summed E-state index contributed by atoms with van der Waals surface area (Å²) in [5.74, 6) is 0.0150. The molecule has 2 aliphatic carbocycles. The van der Waals surface area contributed by atoms with Gasteiger partial charge in [-0.1, -0.05) is 50.1 Å². The Morgan fingerprint density at radius 1 is 1.00 bits per heavy atom. The van der Waals surface area contributed by atoms with Crippen LogP contribution in [0.25, 0.3) is 0 Å². The number of ketones is 1. The number of unbranched alkanes of at least 4 members (excludes halogenated alkanes) is 2. The fourth-order valence-corrected chi connectivity index (χ4v) is 5.29. The number of benzene rings is 2. The molecule has 4 rings (SSSR count). The molecule has 0 saturated carbocycles. The molecule has 2 aliphatic rings. The molecule has 0 aromatic heterocycles. The molecule has 7 heteroatoms. The predicted molar refractivity (Wildman–Crippen MR) is 146 cm³/mol. The summed E-state index contributed by atoms with van der Waals surface area (Å²) in [6.07, 6.45) is 6.10. The van der Waals surface area contributed by atoms with Gasteiger partial charge in [-0.2, -0.15) is 0 Å². The molecule has 0 saturated heterocycles. The number of likely N-dealkylation sites (N-methyl/N-ethyl adjacent to an activating group) is 1. The summed E-state index contributed by atoms with van der Waals surface area (Å²) in [5, 5.41) is 3.00. The van der Waals surface area contributed by atoms with Crippen molar-refractivity contribution in [2.75, 3.05) is 31.6 Å². The van der Waals surface area contributed by atoms with E-state index in [0.29, 0.717) is 13.0 Å². The molecular formula is C29H38ClN3O3. The molecule has 1 N–H and O–H groups in total. The van der Waals surface area contributed by atoms with Gasteiger partial charge in [0.15, 0.2) is 5.78 Å². The number of nitrogens with one attached hydrogen (secondary N) is 1. The van der Waals surface area contributed by atoms with Crippen molar-refractivity contribution in [3.63, 3.8) is 0 Å². The highest BCUT2D eigenvalue weighted by Crippen LogP contribution is 2.31. The Labute approximate surface area is 220 Å². The minimum Gasteiger partial charge on any atom is -0.355 e. The number of fused-ring (bicyclic) bond motifs is 2. The lowest BCUT2D eigenvalue weighted by molar-refractivity contribution is -0.130. The van der Waals surface area contributed by atoms with Gasteiger partial charge >= 0.3 is 0 Å². The van der Waals surface area contributed by atoms with Crippen LogP contribution >= 0.6 is 12.4 Å². The molecule has 0 radical (unpaired) electrons. The van der Waals surface area contributed by atoms with E-state index < -0.39 is 0 Å². The summed E-state index contributed by atoms with van der Waals surface area (Å²) < 4.78 is 0. The van der Waals surface area contributed by atoms with Crippen LogP contribution in [0.2, 0.25) is 0 Å². The van der Waals surface area contributed by atoms with E-state index in [0.717, 1.165) is 60.9 Å². The van der Waals surface area contributed by atoms with Crippen LogP contribution < -0.4 is 10.2 Å². The fraction of sp³-hybridized carbons (Fsp3) is 0.483. The van der Waals surface area contributed by atoms with Gasteiger partial charge in [0.25, 0.3) is 0 Å². The number of amides is 2. The number of carbonyl (C=O) groups excluding carboxylic acids is 3. The largest absolute Gasteiger partial charge is 0.355 e. The molecule has 0 fully saturated rings. The molecule has 0 aliphatic heterocycles. The van der Waals surface area contributed by atoms with Gasteiger partial charge in [-0.3, -0.25) is 14.4 Å². The van der Waals surface area contributed by atoms with Gasteiger partial charge < -0.3 is 15.1 Å². The van der Waals surface area contributed by atoms with Gasteiger partial charge in [-0.25, -0.2) is 0 Å². The second-order valence-corrected chi connectivity index (χ2v) is 9.97. The third-order valence-electron chi connectivity index (χ3n) is 7.42. The molecule has 0 spiro atoms. The van der Waals surface area contributed by atoms with E-state index in [-0.39, 0.29) is 49.1 Å². The molecule has 2 aromatic carbocycles. The Bertz CT molecular complexity index is 1090. The highest BCUT2D eigenvalue weighted by Gasteiger charge is 2.29. The lowest BCUT2D eigenvalue weighted by Gasteiger charge is -2.30. The molecule has 2 aromatic rings. The molecule has 0 bridgehead atoms. The Hall–Kier alpha value is -2.86. The van der Waals surface area contributed by atoms with Crippen LogP contribution in [0.15, 0.2) is 36.4 Å². The number of rotatable bonds is 10. The topological polar surface area (TPSA) is 69.7 Å². The fourth-order valence-electron chi connectivity index (χ4n) is 5.29. The maximum absolute atomic E-state index is 13.4. The van der Waals surface area contributed by atoms with E-state index in [2.05, 4.69) is 24.4 Å². The quantitative estimate of drug-likeness (QED) is 0.483. The maximum atomic E-state index is 13.4. The normalized spacial score (nSPS) is 14.1. The number of halogens is 1. The van der Waals surface area contributed by atoms with Crippen molar-refractivity contribution in [1.82, 2.24) is 10.2 Å². The molecule has 2 amide bonds. The lowest BCUT2D eigenvalue weighted by Crippen LogP contribution is -2.47. The first kappa shape index (κ1) is 27.7. The summed E-state index contributed by atoms with van der Waals surface area (Å²) in [7, 11) is 1.86. The number of carbonyl (C=O) groups is 3. The Balaban J connectivity index is 0.00000361. The average molecular weight is 512 g/mol. The summed E-state index contributed by atoms with van der Waals surface area (Å²) in [6, 6.07) is 12.4. The average Bonchev–Trinajstić information content (AvgIpc) is 3.43. The highest BCUT2D eigenvalue weighted by molar-refractivity contribution is 6.02. The van der Waals surface area contributed by atoms with Crippen molar-refractivity contribution >= 4 is 35.7 Å². The number of aryl methyl sites for hydroxylation is 2. The number of hydrogen-bond donors (Lipinski definition) is 1.